The van der Waals surface area contributed by atoms with Crippen molar-refractivity contribution in [3.8, 4) is 0 Å². The number of ether oxygens (including phenoxy) is 1. The van der Waals surface area contributed by atoms with Crippen molar-refractivity contribution in [3.63, 3.8) is 0 Å². The second-order valence-corrected chi connectivity index (χ2v) is 7.17. The third-order valence-corrected chi connectivity index (χ3v) is 5.04. The molecule has 6 heteroatoms. The van der Waals surface area contributed by atoms with Crippen LogP contribution in [0.2, 0.25) is 0 Å². The number of hydrogen-bond acceptors (Lipinski definition) is 3. The van der Waals surface area contributed by atoms with Crippen molar-refractivity contribution in [1.29, 1.82) is 0 Å². The van der Waals surface area contributed by atoms with Gasteiger partial charge >= 0.3 is 5.97 Å². The number of methoxy groups -OCH3 is 1. The highest BCUT2D eigenvalue weighted by Crippen LogP contribution is 2.23. The lowest BCUT2D eigenvalue weighted by Crippen LogP contribution is -2.43. The highest BCUT2D eigenvalue weighted by molar-refractivity contribution is 9.10. The van der Waals surface area contributed by atoms with Gasteiger partial charge in [-0.25, -0.2) is 0 Å². The number of nitrogens with zero attached hydrogens (tertiary/aromatic N) is 1. The maximum Gasteiger partial charge on any atom is 0.306 e. The number of carbonyl (C=O) groups is 2. The quantitative estimate of drug-likeness (QED) is 0.767. The van der Waals surface area contributed by atoms with E-state index in [0.717, 1.165) is 10.0 Å². The van der Waals surface area contributed by atoms with Crippen LogP contribution in [0.3, 0.4) is 0 Å². The molecular weight excluding hydrogens is 374 g/mol. The van der Waals surface area contributed by atoms with Gasteiger partial charge in [-0.15, -0.1) is 0 Å². The molecule has 1 N–H and O–H groups in total. The second-order valence-electron chi connectivity index (χ2n) is 6.25. The Labute approximate surface area is 151 Å². The average Bonchev–Trinajstić information content (AvgIpc) is 2.58. The van der Waals surface area contributed by atoms with Gasteiger partial charge in [0.25, 0.3) is 0 Å². The number of carboxylic acid groups (broad SMARTS) is 1. The fourth-order valence-electron chi connectivity index (χ4n) is 3.13. The molecule has 1 aliphatic heterocycles. The van der Waals surface area contributed by atoms with Gasteiger partial charge in [-0.05, 0) is 43.4 Å². The summed E-state index contributed by atoms with van der Waals surface area (Å²) in [6, 6.07) is 7.99. The number of benzene rings is 1. The van der Waals surface area contributed by atoms with E-state index in [-0.39, 0.29) is 17.7 Å². The maximum absolute atomic E-state index is 12.9. The lowest BCUT2D eigenvalue weighted by Gasteiger charge is -2.33. The second kappa shape index (κ2) is 9.18. The lowest BCUT2D eigenvalue weighted by molar-refractivity contribution is -0.146. The first-order chi connectivity index (χ1) is 11.5. The molecule has 1 saturated heterocycles. The minimum absolute atomic E-state index is 0.107. The van der Waals surface area contributed by atoms with Gasteiger partial charge in [-0.2, -0.15) is 0 Å². The summed E-state index contributed by atoms with van der Waals surface area (Å²) < 4.78 is 6.16. The molecule has 1 atom stereocenters. The molecule has 1 aromatic carbocycles. The summed E-state index contributed by atoms with van der Waals surface area (Å²) in [7, 11) is 1.64. The summed E-state index contributed by atoms with van der Waals surface area (Å²) in [6.07, 6.45) is 2.41. The van der Waals surface area contributed by atoms with Crippen LogP contribution in [0.5, 0.6) is 0 Å². The first-order valence-electron chi connectivity index (χ1n) is 8.26. The Morgan fingerprint density at radius 2 is 2.08 bits per heavy atom. The number of amides is 1. The summed E-state index contributed by atoms with van der Waals surface area (Å²) in [6.45, 7) is 1.59. The molecule has 0 spiro atoms. The molecule has 1 fully saturated rings. The molecule has 0 saturated carbocycles. The standard InChI is InChI=1S/C18H24BrNO4/c1-24-10-7-15(11-13-3-2-4-16(19)12-13)17(21)20-8-5-14(6-9-20)18(22)23/h2-4,12,14-15H,5-11H2,1H3,(H,22,23)/t15-/m0/s1. The average molecular weight is 398 g/mol. The Morgan fingerprint density at radius 3 is 2.67 bits per heavy atom. The summed E-state index contributed by atoms with van der Waals surface area (Å²) in [5, 5.41) is 9.08. The lowest BCUT2D eigenvalue weighted by atomic mass is 9.92. The minimum Gasteiger partial charge on any atom is -0.481 e. The predicted molar refractivity (Wildman–Crippen MR) is 94.8 cm³/mol. The number of carbonyl (C=O) groups excluding carboxylic acids is 1. The number of likely N-dealkylation sites (tertiary alicyclic amines) is 1. The Balaban J connectivity index is 2.01. The Kier molecular flexibility index (Phi) is 7.24. The zero-order chi connectivity index (χ0) is 17.5. The molecule has 1 amide bonds. The molecule has 2 rings (SSSR count). The fourth-order valence-corrected chi connectivity index (χ4v) is 3.57. The molecular formula is C18H24BrNO4. The van der Waals surface area contributed by atoms with Gasteiger partial charge in [0.05, 0.1) is 5.92 Å². The topological polar surface area (TPSA) is 66.8 Å². The molecule has 0 bridgehead atoms. The molecule has 0 radical (unpaired) electrons. The predicted octanol–water partition coefficient (Wildman–Crippen LogP) is 2.97. The largest absolute Gasteiger partial charge is 0.481 e. The van der Waals surface area contributed by atoms with E-state index in [4.69, 9.17) is 9.84 Å². The van der Waals surface area contributed by atoms with Crippen molar-refractivity contribution >= 4 is 27.8 Å². The molecule has 0 aromatic heterocycles. The van der Waals surface area contributed by atoms with Gasteiger partial charge in [0, 0.05) is 37.2 Å². The van der Waals surface area contributed by atoms with Crippen molar-refractivity contribution in [2.45, 2.75) is 25.7 Å². The number of aliphatic carboxylic acids is 1. The van der Waals surface area contributed by atoms with Crippen LogP contribution in [0.15, 0.2) is 28.7 Å². The smallest absolute Gasteiger partial charge is 0.306 e. The molecule has 1 heterocycles. The van der Waals surface area contributed by atoms with Gasteiger partial charge in [-0.3, -0.25) is 9.59 Å². The third-order valence-electron chi connectivity index (χ3n) is 4.55. The molecule has 1 aromatic rings. The van der Waals surface area contributed by atoms with Crippen LogP contribution in [0.25, 0.3) is 0 Å². The normalized spacial score (nSPS) is 16.8. The zero-order valence-corrected chi connectivity index (χ0v) is 15.5. The third kappa shape index (κ3) is 5.31. The van der Waals surface area contributed by atoms with E-state index >= 15 is 0 Å². The summed E-state index contributed by atoms with van der Waals surface area (Å²) in [5.41, 5.74) is 1.11. The number of hydrogen-bond donors (Lipinski definition) is 1. The monoisotopic (exact) mass is 397 g/mol. The van der Waals surface area contributed by atoms with Crippen molar-refractivity contribution < 1.29 is 19.4 Å². The van der Waals surface area contributed by atoms with E-state index in [9.17, 15) is 9.59 Å². The Hall–Kier alpha value is -1.40. The van der Waals surface area contributed by atoms with Gasteiger partial charge in [0.1, 0.15) is 0 Å². The van der Waals surface area contributed by atoms with E-state index < -0.39 is 5.97 Å². The van der Waals surface area contributed by atoms with Crippen molar-refractivity contribution in [1.82, 2.24) is 4.90 Å². The fraction of sp³-hybridized carbons (Fsp3) is 0.556. The van der Waals surface area contributed by atoms with Crippen LogP contribution in [0.4, 0.5) is 0 Å². The first kappa shape index (κ1) is 18.9. The zero-order valence-electron chi connectivity index (χ0n) is 13.9. The minimum atomic E-state index is -0.757. The van der Waals surface area contributed by atoms with Crippen molar-refractivity contribution in [2.75, 3.05) is 26.8 Å². The van der Waals surface area contributed by atoms with Gasteiger partial charge in [-0.1, -0.05) is 28.1 Å². The SMILES string of the molecule is COCC[C@@H](Cc1cccc(Br)c1)C(=O)N1CCC(C(=O)O)CC1. The van der Waals surface area contributed by atoms with Crippen LogP contribution < -0.4 is 0 Å². The van der Waals surface area contributed by atoms with Crippen LogP contribution in [-0.2, 0) is 20.7 Å². The van der Waals surface area contributed by atoms with Gasteiger partial charge in [0.2, 0.25) is 5.91 Å². The Morgan fingerprint density at radius 1 is 1.38 bits per heavy atom. The first-order valence-corrected chi connectivity index (χ1v) is 9.05. The van der Waals surface area contributed by atoms with E-state index in [1.165, 1.54) is 0 Å². The molecule has 0 unspecified atom stereocenters. The molecule has 5 nitrogen and oxygen atoms in total. The number of halogens is 1. The van der Waals surface area contributed by atoms with Gasteiger partial charge < -0.3 is 14.7 Å². The maximum atomic E-state index is 12.9. The van der Waals surface area contributed by atoms with Crippen LogP contribution >= 0.6 is 15.9 Å². The molecule has 1 aliphatic rings. The number of carboxylic acids is 1. The number of rotatable bonds is 7. The summed E-state index contributed by atoms with van der Waals surface area (Å²) in [4.78, 5) is 25.8. The summed E-state index contributed by atoms with van der Waals surface area (Å²) in [5.74, 6) is -1.11. The van der Waals surface area contributed by atoms with E-state index in [0.29, 0.717) is 45.4 Å². The summed E-state index contributed by atoms with van der Waals surface area (Å²) >= 11 is 3.46. The van der Waals surface area contributed by atoms with E-state index in [1.807, 2.05) is 29.2 Å². The van der Waals surface area contributed by atoms with E-state index in [1.54, 1.807) is 7.11 Å². The van der Waals surface area contributed by atoms with Crippen LogP contribution in [0.1, 0.15) is 24.8 Å². The van der Waals surface area contributed by atoms with Gasteiger partial charge in [0.15, 0.2) is 0 Å². The van der Waals surface area contributed by atoms with E-state index in [2.05, 4.69) is 15.9 Å². The molecule has 24 heavy (non-hydrogen) atoms. The van der Waals surface area contributed by atoms with Crippen molar-refractivity contribution in [2.24, 2.45) is 11.8 Å². The highest BCUT2D eigenvalue weighted by atomic mass is 79.9. The van der Waals surface area contributed by atoms with Crippen LogP contribution in [0, 0.1) is 11.8 Å². The Bertz CT molecular complexity index is 570. The van der Waals surface area contributed by atoms with Crippen LogP contribution in [-0.4, -0.2) is 48.7 Å². The highest BCUT2D eigenvalue weighted by Gasteiger charge is 2.30. The number of piperidine rings is 1. The molecule has 132 valence electrons. The van der Waals surface area contributed by atoms with Crippen molar-refractivity contribution in [3.05, 3.63) is 34.3 Å². The molecule has 0 aliphatic carbocycles.